The van der Waals surface area contributed by atoms with Crippen molar-refractivity contribution in [3.63, 3.8) is 0 Å². The molecular formula is C26H31Cl2N3O3. The highest BCUT2D eigenvalue weighted by Gasteiger charge is 2.33. The summed E-state index contributed by atoms with van der Waals surface area (Å²) in [5.41, 5.74) is 1.76. The Hall–Kier alpha value is -1.99. The monoisotopic (exact) mass is 503 g/mol. The lowest BCUT2D eigenvalue weighted by molar-refractivity contribution is -0.126. The number of aliphatic hydroxyl groups excluding tert-OH is 1. The van der Waals surface area contributed by atoms with Crippen molar-refractivity contribution < 1.29 is 14.6 Å². The number of nitrogens with zero attached hydrogens (tertiary/aromatic N) is 2. The number of aliphatic hydroxyl groups is 1. The summed E-state index contributed by atoms with van der Waals surface area (Å²) < 4.78 is 5.82. The van der Waals surface area contributed by atoms with E-state index >= 15 is 0 Å². The summed E-state index contributed by atoms with van der Waals surface area (Å²) in [5.74, 6) is 0.511. The van der Waals surface area contributed by atoms with Crippen LogP contribution >= 0.6 is 23.2 Å². The molecule has 6 nitrogen and oxygen atoms in total. The average Bonchev–Trinajstić information content (AvgIpc) is 3.48. The number of nitrogens with one attached hydrogen (secondary N) is 1. The molecule has 2 aromatic rings. The van der Waals surface area contributed by atoms with E-state index in [4.69, 9.17) is 27.9 Å². The zero-order valence-electron chi connectivity index (χ0n) is 19.1. The second-order valence-electron chi connectivity index (χ2n) is 9.63. The summed E-state index contributed by atoms with van der Waals surface area (Å²) in [6.07, 6.45) is 3.44. The van der Waals surface area contributed by atoms with E-state index in [1.807, 2.05) is 36.4 Å². The first-order chi connectivity index (χ1) is 16.5. The Morgan fingerprint density at radius 3 is 2.50 bits per heavy atom. The van der Waals surface area contributed by atoms with Crippen LogP contribution in [0, 0.1) is 5.92 Å². The van der Waals surface area contributed by atoms with Gasteiger partial charge in [-0.2, -0.15) is 0 Å². The maximum absolute atomic E-state index is 13.2. The summed E-state index contributed by atoms with van der Waals surface area (Å²) in [6.45, 7) is 4.05. The number of hydrogen-bond donors (Lipinski definition) is 2. The zero-order chi connectivity index (χ0) is 23.7. The van der Waals surface area contributed by atoms with Gasteiger partial charge in [-0.1, -0.05) is 29.3 Å². The molecule has 1 saturated carbocycles. The summed E-state index contributed by atoms with van der Waals surface area (Å²) in [5, 5.41) is 15.6. The number of carbonyl (C=O) groups is 1. The maximum Gasteiger partial charge on any atom is 0.225 e. The van der Waals surface area contributed by atoms with E-state index in [0.29, 0.717) is 34.4 Å². The van der Waals surface area contributed by atoms with Gasteiger partial charge >= 0.3 is 0 Å². The molecule has 5 rings (SSSR count). The Morgan fingerprint density at radius 1 is 1.09 bits per heavy atom. The number of carbonyl (C=O) groups excluding carboxylic acids is 1. The first-order valence-electron chi connectivity index (χ1n) is 12.1. The molecule has 8 heteroatoms. The lowest BCUT2D eigenvalue weighted by Crippen LogP contribution is -2.52. The molecule has 3 fully saturated rings. The van der Waals surface area contributed by atoms with Gasteiger partial charge < -0.3 is 25.0 Å². The van der Waals surface area contributed by atoms with E-state index < -0.39 is 12.1 Å². The predicted molar refractivity (Wildman–Crippen MR) is 135 cm³/mol. The molecule has 1 amide bonds. The molecule has 34 heavy (non-hydrogen) atoms. The van der Waals surface area contributed by atoms with Gasteiger partial charge in [-0.05, 0) is 80.7 Å². The van der Waals surface area contributed by atoms with Crippen LogP contribution in [-0.4, -0.2) is 60.8 Å². The van der Waals surface area contributed by atoms with Crippen molar-refractivity contribution in [3.05, 3.63) is 58.1 Å². The summed E-state index contributed by atoms with van der Waals surface area (Å²) in [4.78, 5) is 17.7. The van der Waals surface area contributed by atoms with Gasteiger partial charge in [-0.15, -0.1) is 0 Å². The van der Waals surface area contributed by atoms with Crippen LogP contribution < -0.4 is 15.0 Å². The highest BCUT2D eigenvalue weighted by atomic mass is 35.5. The van der Waals surface area contributed by atoms with E-state index in [0.717, 1.165) is 51.0 Å². The first-order valence-corrected chi connectivity index (χ1v) is 12.9. The predicted octanol–water partition coefficient (Wildman–Crippen LogP) is 4.29. The van der Waals surface area contributed by atoms with Gasteiger partial charge in [-0.3, -0.25) is 4.79 Å². The molecule has 0 spiro atoms. The van der Waals surface area contributed by atoms with Crippen molar-refractivity contribution >= 4 is 34.8 Å². The van der Waals surface area contributed by atoms with E-state index in [-0.39, 0.29) is 17.9 Å². The molecule has 2 saturated heterocycles. The van der Waals surface area contributed by atoms with Crippen LogP contribution in [0.4, 0.5) is 5.69 Å². The van der Waals surface area contributed by atoms with Crippen molar-refractivity contribution in [3.8, 4) is 5.75 Å². The number of anilines is 1. The number of ether oxygens (including phenoxy) is 1. The fourth-order valence-corrected chi connectivity index (χ4v) is 4.98. The van der Waals surface area contributed by atoms with Crippen molar-refractivity contribution in [2.24, 2.45) is 5.92 Å². The minimum Gasteiger partial charge on any atom is -0.489 e. The Morgan fingerprint density at radius 2 is 1.85 bits per heavy atom. The molecule has 0 aromatic heterocycles. The van der Waals surface area contributed by atoms with Crippen LogP contribution in [-0.2, 0) is 4.79 Å². The summed E-state index contributed by atoms with van der Waals surface area (Å²) >= 11 is 12.5. The third-order valence-corrected chi connectivity index (χ3v) is 7.53. The largest absolute Gasteiger partial charge is 0.489 e. The Bertz CT molecular complexity index is 1010. The fourth-order valence-electron chi connectivity index (χ4n) is 4.62. The third-order valence-electron chi connectivity index (χ3n) is 6.98. The quantitative estimate of drug-likeness (QED) is 0.534. The van der Waals surface area contributed by atoms with Gasteiger partial charge in [0.05, 0.1) is 23.1 Å². The Kier molecular flexibility index (Phi) is 7.21. The van der Waals surface area contributed by atoms with Crippen molar-refractivity contribution in [2.75, 3.05) is 37.6 Å². The first kappa shape index (κ1) is 23.7. The smallest absolute Gasteiger partial charge is 0.225 e. The molecule has 182 valence electrons. The van der Waals surface area contributed by atoms with Crippen LogP contribution in [0.1, 0.15) is 37.4 Å². The average molecular weight is 504 g/mol. The molecule has 2 aliphatic heterocycles. The van der Waals surface area contributed by atoms with Crippen molar-refractivity contribution in [1.82, 2.24) is 10.2 Å². The molecule has 2 aromatic carbocycles. The molecule has 3 atom stereocenters. The lowest BCUT2D eigenvalue weighted by atomic mass is 9.99. The van der Waals surface area contributed by atoms with Gasteiger partial charge in [0.1, 0.15) is 11.9 Å². The zero-order valence-corrected chi connectivity index (χ0v) is 20.6. The maximum atomic E-state index is 13.2. The number of halogens is 2. The van der Waals surface area contributed by atoms with E-state index in [1.165, 1.54) is 0 Å². The fraction of sp³-hybridized carbons (Fsp3) is 0.500. The number of hydrogen-bond acceptors (Lipinski definition) is 5. The van der Waals surface area contributed by atoms with Gasteiger partial charge in [0.15, 0.2) is 0 Å². The molecule has 1 aliphatic carbocycles. The molecule has 0 unspecified atom stereocenters. The van der Waals surface area contributed by atoms with Gasteiger partial charge in [0.2, 0.25) is 5.91 Å². The lowest BCUT2D eigenvalue weighted by Gasteiger charge is -2.36. The standard InChI is InChI=1S/C26H31Cl2N3O3/c27-19-3-5-20(6-4-19)31-13-10-18(15-31)26(33)29-23(16-30-11-1-12-30)25(32)17-2-9-24(22(28)14-17)34-21-7-8-21/h2-6,9,14,18,21,23,25,32H,1,7-8,10-13,15-16H2,(H,29,33)/t18-,23-,25-/m1/s1. The SMILES string of the molecule is O=C(N[C@H](CN1CCC1)[C@H](O)c1ccc(OC2CC2)c(Cl)c1)[C@@H]1CCN(c2ccc(Cl)cc2)C1. The summed E-state index contributed by atoms with van der Waals surface area (Å²) in [6, 6.07) is 12.7. The highest BCUT2D eigenvalue weighted by Crippen LogP contribution is 2.34. The van der Waals surface area contributed by atoms with E-state index in [2.05, 4.69) is 15.1 Å². The van der Waals surface area contributed by atoms with Crippen LogP contribution in [0.2, 0.25) is 10.0 Å². The van der Waals surface area contributed by atoms with Gasteiger partial charge in [-0.25, -0.2) is 0 Å². The third kappa shape index (κ3) is 5.62. The van der Waals surface area contributed by atoms with E-state index in [1.54, 1.807) is 6.07 Å². The normalized spacial score (nSPS) is 22.2. The molecule has 0 radical (unpaired) electrons. The molecule has 2 heterocycles. The second kappa shape index (κ2) is 10.3. The number of likely N-dealkylation sites (tertiary alicyclic amines) is 1. The molecular weight excluding hydrogens is 473 g/mol. The minimum absolute atomic E-state index is 0.0131. The molecule has 2 N–H and O–H groups in total. The number of rotatable bonds is 9. The minimum atomic E-state index is -0.856. The van der Waals surface area contributed by atoms with Crippen molar-refractivity contribution in [1.29, 1.82) is 0 Å². The van der Waals surface area contributed by atoms with Crippen LogP contribution in [0.25, 0.3) is 0 Å². The molecule has 3 aliphatic rings. The van der Waals surface area contributed by atoms with E-state index in [9.17, 15) is 9.90 Å². The number of benzene rings is 2. The molecule has 0 bridgehead atoms. The topological polar surface area (TPSA) is 65.0 Å². The van der Waals surface area contributed by atoms with Crippen LogP contribution in [0.5, 0.6) is 5.75 Å². The van der Waals surface area contributed by atoms with Gasteiger partial charge in [0, 0.05) is 30.3 Å². The van der Waals surface area contributed by atoms with Crippen molar-refractivity contribution in [2.45, 2.75) is 43.9 Å². The number of amides is 1. The van der Waals surface area contributed by atoms with Crippen LogP contribution in [0.15, 0.2) is 42.5 Å². The van der Waals surface area contributed by atoms with Crippen LogP contribution in [0.3, 0.4) is 0 Å². The Balaban J connectivity index is 1.24. The van der Waals surface area contributed by atoms with Gasteiger partial charge in [0.25, 0.3) is 0 Å². The highest BCUT2D eigenvalue weighted by molar-refractivity contribution is 6.32. The second-order valence-corrected chi connectivity index (χ2v) is 10.5. The Labute approximate surface area is 210 Å². The summed E-state index contributed by atoms with van der Waals surface area (Å²) in [7, 11) is 0.